The molecular weight excluding hydrogens is 226 g/mol. The highest BCUT2D eigenvalue weighted by molar-refractivity contribution is 6.39. The fourth-order valence-corrected chi connectivity index (χ4v) is 2.15. The van der Waals surface area contributed by atoms with Gasteiger partial charge in [0, 0.05) is 15.1 Å². The SMILES string of the molecule is CC(C)Cc1c(Cl)cc(Cl)cc1Cl. The fourth-order valence-electron chi connectivity index (χ4n) is 1.18. The van der Waals surface area contributed by atoms with Crippen molar-refractivity contribution >= 4 is 34.8 Å². The van der Waals surface area contributed by atoms with E-state index in [0.717, 1.165) is 12.0 Å². The Bertz CT molecular complexity index is 282. The summed E-state index contributed by atoms with van der Waals surface area (Å²) in [7, 11) is 0. The van der Waals surface area contributed by atoms with Crippen LogP contribution >= 0.6 is 34.8 Å². The van der Waals surface area contributed by atoms with Crippen molar-refractivity contribution in [3.8, 4) is 0 Å². The van der Waals surface area contributed by atoms with E-state index >= 15 is 0 Å². The van der Waals surface area contributed by atoms with E-state index in [2.05, 4.69) is 13.8 Å². The molecule has 1 aromatic rings. The minimum atomic E-state index is 0.538. The van der Waals surface area contributed by atoms with Crippen LogP contribution in [0.5, 0.6) is 0 Å². The predicted octanol–water partition coefficient (Wildman–Crippen LogP) is 4.85. The first-order valence-corrected chi connectivity index (χ1v) is 5.27. The molecule has 0 nitrogen and oxygen atoms in total. The van der Waals surface area contributed by atoms with Gasteiger partial charge < -0.3 is 0 Å². The van der Waals surface area contributed by atoms with Crippen LogP contribution in [0.3, 0.4) is 0 Å². The Morgan fingerprint density at radius 2 is 1.54 bits per heavy atom. The van der Waals surface area contributed by atoms with E-state index in [1.54, 1.807) is 12.1 Å². The van der Waals surface area contributed by atoms with Crippen molar-refractivity contribution < 1.29 is 0 Å². The van der Waals surface area contributed by atoms with E-state index in [4.69, 9.17) is 34.8 Å². The standard InChI is InChI=1S/C10H11Cl3/c1-6(2)3-8-9(12)4-7(11)5-10(8)13/h4-6H,3H2,1-2H3. The van der Waals surface area contributed by atoms with Gasteiger partial charge >= 0.3 is 0 Å². The molecule has 0 unspecified atom stereocenters. The zero-order valence-corrected chi connectivity index (χ0v) is 9.84. The molecule has 0 atom stereocenters. The lowest BCUT2D eigenvalue weighted by molar-refractivity contribution is 0.647. The highest BCUT2D eigenvalue weighted by atomic mass is 35.5. The van der Waals surface area contributed by atoms with E-state index in [1.165, 1.54) is 0 Å². The summed E-state index contributed by atoms with van der Waals surface area (Å²) in [6.07, 6.45) is 0.884. The van der Waals surface area contributed by atoms with Crippen molar-refractivity contribution in [3.63, 3.8) is 0 Å². The van der Waals surface area contributed by atoms with Gasteiger partial charge in [-0.3, -0.25) is 0 Å². The molecule has 3 heteroatoms. The zero-order valence-electron chi connectivity index (χ0n) is 7.57. The summed E-state index contributed by atoms with van der Waals surface area (Å²) < 4.78 is 0. The molecule has 0 aromatic heterocycles. The van der Waals surface area contributed by atoms with Crippen molar-refractivity contribution in [3.05, 3.63) is 32.8 Å². The Hall–Kier alpha value is 0.0900. The maximum atomic E-state index is 6.01. The van der Waals surface area contributed by atoms with E-state index in [9.17, 15) is 0 Å². The van der Waals surface area contributed by atoms with Crippen LogP contribution in [0.4, 0.5) is 0 Å². The van der Waals surface area contributed by atoms with Crippen LogP contribution in [0.15, 0.2) is 12.1 Å². The Kier molecular flexibility index (Phi) is 3.90. The molecule has 0 saturated carbocycles. The lowest BCUT2D eigenvalue weighted by atomic mass is 10.0. The van der Waals surface area contributed by atoms with Crippen LogP contribution in [-0.2, 0) is 6.42 Å². The van der Waals surface area contributed by atoms with E-state index in [0.29, 0.717) is 21.0 Å². The summed E-state index contributed by atoms with van der Waals surface area (Å²) in [4.78, 5) is 0. The van der Waals surface area contributed by atoms with Crippen molar-refractivity contribution in [2.45, 2.75) is 20.3 Å². The van der Waals surface area contributed by atoms with E-state index in [-0.39, 0.29) is 0 Å². The van der Waals surface area contributed by atoms with Gasteiger partial charge in [-0.25, -0.2) is 0 Å². The number of rotatable bonds is 2. The third-order valence-electron chi connectivity index (χ3n) is 1.72. The molecule has 1 aromatic carbocycles. The lowest BCUT2D eigenvalue weighted by Gasteiger charge is -2.09. The predicted molar refractivity (Wildman–Crippen MR) is 60.0 cm³/mol. The van der Waals surface area contributed by atoms with Crippen molar-refractivity contribution in [1.82, 2.24) is 0 Å². The van der Waals surface area contributed by atoms with Crippen LogP contribution in [0.25, 0.3) is 0 Å². The molecule has 72 valence electrons. The normalized spacial score (nSPS) is 10.9. The molecule has 13 heavy (non-hydrogen) atoms. The van der Waals surface area contributed by atoms with E-state index < -0.39 is 0 Å². The van der Waals surface area contributed by atoms with Gasteiger partial charge in [0.15, 0.2) is 0 Å². The Morgan fingerprint density at radius 3 is 1.92 bits per heavy atom. The van der Waals surface area contributed by atoms with Gasteiger partial charge in [-0.2, -0.15) is 0 Å². The molecule has 0 heterocycles. The second-order valence-corrected chi connectivity index (χ2v) is 4.70. The van der Waals surface area contributed by atoms with Crippen LogP contribution in [0, 0.1) is 5.92 Å². The fraction of sp³-hybridized carbons (Fsp3) is 0.400. The Balaban J connectivity index is 3.06. The second kappa shape index (κ2) is 4.54. The lowest BCUT2D eigenvalue weighted by Crippen LogP contribution is -1.96. The second-order valence-electron chi connectivity index (χ2n) is 3.45. The quantitative estimate of drug-likeness (QED) is 0.690. The molecule has 0 saturated heterocycles. The van der Waals surface area contributed by atoms with Gasteiger partial charge in [-0.1, -0.05) is 48.7 Å². The monoisotopic (exact) mass is 236 g/mol. The zero-order chi connectivity index (χ0) is 10.0. The minimum absolute atomic E-state index is 0.538. The van der Waals surface area contributed by atoms with Crippen molar-refractivity contribution in [1.29, 1.82) is 0 Å². The van der Waals surface area contributed by atoms with Gasteiger partial charge in [0.25, 0.3) is 0 Å². The topological polar surface area (TPSA) is 0 Å². The summed E-state index contributed by atoms with van der Waals surface area (Å²) in [5.74, 6) is 0.538. The maximum Gasteiger partial charge on any atom is 0.0467 e. The highest BCUT2D eigenvalue weighted by Gasteiger charge is 2.08. The number of benzene rings is 1. The molecule has 0 aliphatic heterocycles. The smallest absolute Gasteiger partial charge is 0.0467 e. The summed E-state index contributed by atoms with van der Waals surface area (Å²) in [5, 5.41) is 1.90. The Labute approximate surface area is 93.8 Å². The molecule has 0 aliphatic rings. The molecule has 1 rings (SSSR count). The van der Waals surface area contributed by atoms with Crippen LogP contribution in [-0.4, -0.2) is 0 Å². The van der Waals surface area contributed by atoms with Crippen LogP contribution < -0.4 is 0 Å². The maximum absolute atomic E-state index is 6.01. The summed E-state index contributed by atoms with van der Waals surface area (Å²) >= 11 is 17.8. The summed E-state index contributed by atoms with van der Waals surface area (Å²) in [6.45, 7) is 4.25. The molecule has 0 fully saturated rings. The van der Waals surface area contributed by atoms with Gasteiger partial charge in [0.1, 0.15) is 0 Å². The number of hydrogen-bond donors (Lipinski definition) is 0. The number of halogens is 3. The molecule has 0 N–H and O–H groups in total. The first-order valence-electron chi connectivity index (χ1n) is 4.14. The van der Waals surface area contributed by atoms with Gasteiger partial charge in [0.05, 0.1) is 0 Å². The molecule has 0 amide bonds. The van der Waals surface area contributed by atoms with Crippen LogP contribution in [0.2, 0.25) is 15.1 Å². The third-order valence-corrected chi connectivity index (χ3v) is 2.61. The summed E-state index contributed by atoms with van der Waals surface area (Å²) in [5.41, 5.74) is 0.989. The molecule has 0 bridgehead atoms. The molecule has 0 spiro atoms. The van der Waals surface area contributed by atoms with Gasteiger partial charge in [-0.05, 0) is 30.0 Å². The Morgan fingerprint density at radius 1 is 1.08 bits per heavy atom. The largest absolute Gasteiger partial charge is 0.0842 e. The molecular formula is C10H11Cl3. The molecule has 0 radical (unpaired) electrons. The van der Waals surface area contributed by atoms with Gasteiger partial charge in [0.2, 0.25) is 0 Å². The average molecular weight is 238 g/mol. The van der Waals surface area contributed by atoms with Crippen molar-refractivity contribution in [2.24, 2.45) is 5.92 Å². The van der Waals surface area contributed by atoms with Crippen molar-refractivity contribution in [2.75, 3.05) is 0 Å². The minimum Gasteiger partial charge on any atom is -0.0842 e. The van der Waals surface area contributed by atoms with E-state index in [1.807, 2.05) is 0 Å². The third kappa shape index (κ3) is 3.05. The summed E-state index contributed by atoms with van der Waals surface area (Å²) in [6, 6.07) is 3.46. The highest BCUT2D eigenvalue weighted by Crippen LogP contribution is 2.30. The van der Waals surface area contributed by atoms with Crippen LogP contribution in [0.1, 0.15) is 19.4 Å². The van der Waals surface area contributed by atoms with Gasteiger partial charge in [-0.15, -0.1) is 0 Å². The molecule has 0 aliphatic carbocycles. The average Bonchev–Trinajstić information content (AvgIpc) is 1.96. The first kappa shape index (κ1) is 11.2. The first-order chi connectivity index (χ1) is 6.00. The number of hydrogen-bond acceptors (Lipinski definition) is 0.